The largest absolute Gasteiger partial charge is 0.463 e. The van der Waals surface area contributed by atoms with Gasteiger partial charge < -0.3 is 14.2 Å². The van der Waals surface area contributed by atoms with Crippen molar-refractivity contribution in [2.24, 2.45) is 0 Å². The van der Waals surface area contributed by atoms with Gasteiger partial charge in [-0.2, -0.15) is 0 Å². The molecule has 22 heavy (non-hydrogen) atoms. The molecule has 120 valence electrons. The molecule has 0 spiro atoms. The predicted molar refractivity (Wildman–Crippen MR) is 80.9 cm³/mol. The zero-order valence-electron chi connectivity index (χ0n) is 13.1. The summed E-state index contributed by atoms with van der Waals surface area (Å²) in [6, 6.07) is 3.53. The van der Waals surface area contributed by atoms with Gasteiger partial charge in [-0.3, -0.25) is 0 Å². The van der Waals surface area contributed by atoms with Gasteiger partial charge in [-0.1, -0.05) is 12.1 Å². The average Bonchev–Trinajstić information content (AvgIpc) is 3.30. The molecule has 1 aromatic carbocycles. The Labute approximate surface area is 129 Å². The molecular formula is C17H21FO4. The number of aryl methyl sites for hydroxylation is 1. The molecule has 2 rings (SSSR count). The summed E-state index contributed by atoms with van der Waals surface area (Å²) in [5.74, 6) is -0.842. The molecule has 4 nitrogen and oxygen atoms in total. The Morgan fingerprint density at radius 2 is 2.27 bits per heavy atom. The Morgan fingerprint density at radius 3 is 2.91 bits per heavy atom. The second kappa shape index (κ2) is 7.51. The fourth-order valence-corrected chi connectivity index (χ4v) is 2.09. The summed E-state index contributed by atoms with van der Waals surface area (Å²) in [6.07, 6.45) is 2.54. The lowest BCUT2D eigenvalue weighted by atomic mass is 9.99. The molecule has 0 bridgehead atoms. The van der Waals surface area contributed by atoms with E-state index in [1.165, 1.54) is 12.2 Å². The quantitative estimate of drug-likeness (QED) is 0.441. The highest BCUT2D eigenvalue weighted by molar-refractivity contribution is 5.87. The zero-order valence-corrected chi connectivity index (χ0v) is 13.1. The van der Waals surface area contributed by atoms with Crippen LogP contribution < -0.4 is 0 Å². The smallest absolute Gasteiger partial charge is 0.330 e. The Balaban J connectivity index is 2.20. The molecule has 0 unspecified atom stereocenters. The van der Waals surface area contributed by atoms with E-state index in [1.807, 2.05) is 13.0 Å². The molecule has 1 aliphatic rings. The van der Waals surface area contributed by atoms with Crippen LogP contribution in [0.25, 0.3) is 6.08 Å². The number of esters is 1. The van der Waals surface area contributed by atoms with Crippen LogP contribution >= 0.6 is 0 Å². The van der Waals surface area contributed by atoms with E-state index in [4.69, 9.17) is 14.2 Å². The third-order valence-corrected chi connectivity index (χ3v) is 3.45. The summed E-state index contributed by atoms with van der Waals surface area (Å²) in [5.41, 5.74) is 1.58. The van der Waals surface area contributed by atoms with Crippen molar-refractivity contribution in [2.75, 3.05) is 19.8 Å². The van der Waals surface area contributed by atoms with Crippen LogP contribution in [0, 0.1) is 12.7 Å². The van der Waals surface area contributed by atoms with E-state index in [0.717, 1.165) is 0 Å². The first kappa shape index (κ1) is 16.6. The molecule has 0 aromatic heterocycles. The maximum absolute atomic E-state index is 14.4. The second-order valence-corrected chi connectivity index (χ2v) is 5.22. The van der Waals surface area contributed by atoms with Crippen molar-refractivity contribution in [3.8, 4) is 0 Å². The van der Waals surface area contributed by atoms with Gasteiger partial charge >= 0.3 is 5.97 Å². The van der Waals surface area contributed by atoms with Gasteiger partial charge in [0, 0.05) is 11.6 Å². The molecule has 0 aliphatic carbocycles. The Kier molecular flexibility index (Phi) is 5.69. The highest BCUT2D eigenvalue weighted by atomic mass is 19.1. The molecule has 0 N–H and O–H groups in total. The maximum atomic E-state index is 14.4. The van der Waals surface area contributed by atoms with E-state index in [9.17, 15) is 9.18 Å². The standard InChI is InChI=1S/C17H21FO4/c1-4-20-16(19)8-7-15-14(6-5-11(2)17(15)18)12(3)21-9-13-10-22-13/h5-8,12-13H,4,9-10H2,1-3H3/t12-,13+/m1/s1. The minimum atomic E-state index is -0.491. The van der Waals surface area contributed by atoms with E-state index >= 15 is 0 Å². The van der Waals surface area contributed by atoms with E-state index in [2.05, 4.69) is 0 Å². The van der Waals surface area contributed by atoms with Gasteiger partial charge in [0.25, 0.3) is 0 Å². The van der Waals surface area contributed by atoms with Gasteiger partial charge in [-0.05, 0) is 38.0 Å². The predicted octanol–water partition coefficient (Wildman–Crippen LogP) is 3.19. The van der Waals surface area contributed by atoms with Crippen molar-refractivity contribution in [1.29, 1.82) is 0 Å². The number of carbonyl (C=O) groups is 1. The summed E-state index contributed by atoms with van der Waals surface area (Å²) in [5, 5.41) is 0. The zero-order chi connectivity index (χ0) is 16.1. The van der Waals surface area contributed by atoms with Crippen LogP contribution in [0.3, 0.4) is 0 Å². The minimum absolute atomic E-state index is 0.149. The van der Waals surface area contributed by atoms with Crippen LogP contribution in [0.1, 0.15) is 36.6 Å². The van der Waals surface area contributed by atoms with Crippen molar-refractivity contribution in [3.63, 3.8) is 0 Å². The van der Waals surface area contributed by atoms with E-state index in [-0.39, 0.29) is 24.6 Å². The normalized spacial score (nSPS) is 18.5. The second-order valence-electron chi connectivity index (χ2n) is 5.22. The van der Waals surface area contributed by atoms with Crippen LogP contribution in [0.4, 0.5) is 4.39 Å². The van der Waals surface area contributed by atoms with Crippen LogP contribution in [0.15, 0.2) is 18.2 Å². The van der Waals surface area contributed by atoms with Crippen LogP contribution in [0.5, 0.6) is 0 Å². The lowest BCUT2D eigenvalue weighted by molar-refractivity contribution is -0.137. The molecule has 0 amide bonds. The fourth-order valence-electron chi connectivity index (χ4n) is 2.09. The van der Waals surface area contributed by atoms with Crippen molar-refractivity contribution < 1.29 is 23.4 Å². The third kappa shape index (κ3) is 4.39. The monoisotopic (exact) mass is 308 g/mol. The Morgan fingerprint density at radius 1 is 1.55 bits per heavy atom. The van der Waals surface area contributed by atoms with E-state index < -0.39 is 5.97 Å². The molecule has 0 saturated carbocycles. The molecule has 1 fully saturated rings. The number of epoxide rings is 1. The SMILES string of the molecule is CCOC(=O)C=Cc1c([C@@H](C)OC[C@H]2CO2)ccc(C)c1F. The number of hydrogen-bond acceptors (Lipinski definition) is 4. The summed E-state index contributed by atoms with van der Waals surface area (Å²) in [7, 11) is 0. The van der Waals surface area contributed by atoms with Gasteiger partial charge in [-0.15, -0.1) is 0 Å². The number of rotatable bonds is 7. The number of carbonyl (C=O) groups excluding carboxylic acids is 1. The molecule has 2 atom stereocenters. The molecular weight excluding hydrogens is 287 g/mol. The fraction of sp³-hybridized carbons (Fsp3) is 0.471. The molecule has 1 aromatic rings. The van der Waals surface area contributed by atoms with Crippen LogP contribution in [-0.2, 0) is 19.0 Å². The number of ether oxygens (including phenoxy) is 3. The minimum Gasteiger partial charge on any atom is -0.463 e. The lowest BCUT2D eigenvalue weighted by Gasteiger charge is -2.17. The molecule has 1 heterocycles. The third-order valence-electron chi connectivity index (χ3n) is 3.45. The van der Waals surface area contributed by atoms with Crippen LogP contribution in [-0.4, -0.2) is 31.9 Å². The van der Waals surface area contributed by atoms with E-state index in [0.29, 0.717) is 29.9 Å². The Bertz CT molecular complexity index is 564. The van der Waals surface area contributed by atoms with Gasteiger partial charge in [-0.25, -0.2) is 9.18 Å². The first-order chi connectivity index (χ1) is 10.5. The van der Waals surface area contributed by atoms with Gasteiger partial charge in [0.2, 0.25) is 0 Å². The summed E-state index contributed by atoms with van der Waals surface area (Å²) < 4.78 is 30.0. The van der Waals surface area contributed by atoms with Crippen molar-refractivity contribution in [3.05, 3.63) is 40.7 Å². The lowest BCUT2D eigenvalue weighted by Crippen LogP contribution is -2.09. The summed E-state index contributed by atoms with van der Waals surface area (Å²) in [4.78, 5) is 11.4. The van der Waals surface area contributed by atoms with Gasteiger partial charge in [0.15, 0.2) is 0 Å². The number of halogens is 1. The van der Waals surface area contributed by atoms with Crippen molar-refractivity contribution in [2.45, 2.75) is 33.0 Å². The first-order valence-electron chi connectivity index (χ1n) is 7.40. The van der Waals surface area contributed by atoms with Crippen LogP contribution in [0.2, 0.25) is 0 Å². The maximum Gasteiger partial charge on any atom is 0.330 e. The average molecular weight is 308 g/mol. The molecule has 1 saturated heterocycles. The molecule has 5 heteroatoms. The number of benzene rings is 1. The highest BCUT2D eigenvalue weighted by Gasteiger charge is 2.24. The number of hydrogen-bond donors (Lipinski definition) is 0. The molecule has 1 aliphatic heterocycles. The first-order valence-corrected chi connectivity index (χ1v) is 7.40. The van der Waals surface area contributed by atoms with Gasteiger partial charge in [0.05, 0.1) is 25.9 Å². The summed E-state index contributed by atoms with van der Waals surface area (Å²) in [6.45, 7) is 6.74. The van der Waals surface area contributed by atoms with Crippen molar-refractivity contribution >= 4 is 12.0 Å². The topological polar surface area (TPSA) is 48.1 Å². The van der Waals surface area contributed by atoms with E-state index in [1.54, 1.807) is 19.9 Å². The Hall–Kier alpha value is -1.72. The van der Waals surface area contributed by atoms with Crippen molar-refractivity contribution in [1.82, 2.24) is 0 Å². The van der Waals surface area contributed by atoms with Gasteiger partial charge in [0.1, 0.15) is 11.9 Å². The molecule has 0 radical (unpaired) electrons. The summed E-state index contributed by atoms with van der Waals surface area (Å²) >= 11 is 0. The highest BCUT2D eigenvalue weighted by Crippen LogP contribution is 2.27.